The second kappa shape index (κ2) is 4.76. The number of aromatic hydroxyl groups is 1. The van der Waals surface area contributed by atoms with Gasteiger partial charge in [0.25, 0.3) is 0 Å². The number of phenolic OH excluding ortho intramolecular Hbond substituents is 1. The Morgan fingerprint density at radius 2 is 2.04 bits per heavy atom. The van der Waals surface area contributed by atoms with Gasteiger partial charge in [-0.15, -0.1) is 0 Å². The highest BCUT2D eigenvalue weighted by Crippen LogP contribution is 2.54. The minimum atomic E-state index is -1.40. The van der Waals surface area contributed by atoms with Gasteiger partial charge in [0, 0.05) is 27.4 Å². The molecule has 0 aliphatic carbocycles. The molecular formula is C17H10BrN3O3. The second-order valence-electron chi connectivity index (χ2n) is 5.53. The summed E-state index contributed by atoms with van der Waals surface area (Å²) in [4.78, 5) is 13.0. The predicted octanol–water partition coefficient (Wildman–Crippen LogP) is 2.48. The number of hydrogen-bond donors (Lipinski definition) is 3. The van der Waals surface area contributed by atoms with Crippen LogP contribution in [0.4, 0.5) is 5.69 Å². The highest BCUT2D eigenvalue weighted by molar-refractivity contribution is 9.10. The first-order valence-electron chi connectivity index (χ1n) is 7.01. The summed E-state index contributed by atoms with van der Waals surface area (Å²) in [6.07, 6.45) is 0. The lowest BCUT2D eigenvalue weighted by atomic mass is 9.69. The second-order valence-corrected chi connectivity index (χ2v) is 6.44. The van der Waals surface area contributed by atoms with E-state index >= 15 is 0 Å². The van der Waals surface area contributed by atoms with Crippen molar-refractivity contribution in [2.45, 2.75) is 5.41 Å². The topological polar surface area (TPSA) is 108 Å². The van der Waals surface area contributed by atoms with E-state index in [2.05, 4.69) is 21.2 Å². The maximum absolute atomic E-state index is 13.0. The minimum absolute atomic E-state index is 0.0232. The molecule has 7 heteroatoms. The highest BCUT2D eigenvalue weighted by atomic mass is 79.9. The number of benzene rings is 2. The number of amides is 1. The number of nitriles is 1. The normalized spacial score (nSPS) is 20.9. The van der Waals surface area contributed by atoms with Crippen LogP contribution in [0.2, 0.25) is 0 Å². The Kier molecular flexibility index (Phi) is 2.89. The molecule has 6 nitrogen and oxygen atoms in total. The van der Waals surface area contributed by atoms with Crippen molar-refractivity contribution in [3.63, 3.8) is 0 Å². The van der Waals surface area contributed by atoms with E-state index in [1.807, 2.05) is 6.07 Å². The Labute approximate surface area is 145 Å². The van der Waals surface area contributed by atoms with Crippen LogP contribution < -0.4 is 15.8 Å². The lowest BCUT2D eigenvalue weighted by Crippen LogP contribution is -2.42. The molecular weight excluding hydrogens is 374 g/mol. The van der Waals surface area contributed by atoms with E-state index in [0.29, 0.717) is 16.8 Å². The molecule has 0 fully saturated rings. The van der Waals surface area contributed by atoms with Gasteiger partial charge in [-0.3, -0.25) is 4.79 Å². The average Bonchev–Trinajstić information content (AvgIpc) is 2.81. The molecule has 118 valence electrons. The maximum Gasteiger partial charge on any atom is 0.245 e. The monoisotopic (exact) mass is 383 g/mol. The number of carbonyl (C=O) groups excluding carboxylic acids is 1. The summed E-state index contributed by atoms with van der Waals surface area (Å²) < 4.78 is 6.24. The number of nitrogens with zero attached hydrogens (tertiary/aromatic N) is 1. The lowest BCUT2D eigenvalue weighted by Gasteiger charge is -2.33. The van der Waals surface area contributed by atoms with Crippen molar-refractivity contribution < 1.29 is 14.6 Å². The number of nitrogens with two attached hydrogens (primary N) is 1. The van der Waals surface area contributed by atoms with Gasteiger partial charge in [0.15, 0.2) is 0 Å². The van der Waals surface area contributed by atoms with Crippen molar-refractivity contribution in [2.24, 2.45) is 5.73 Å². The van der Waals surface area contributed by atoms with E-state index < -0.39 is 5.41 Å². The third kappa shape index (κ3) is 1.66. The van der Waals surface area contributed by atoms with Crippen LogP contribution in [-0.4, -0.2) is 11.0 Å². The van der Waals surface area contributed by atoms with E-state index in [9.17, 15) is 15.2 Å². The molecule has 0 aromatic heterocycles. The van der Waals surface area contributed by atoms with Crippen LogP contribution in [0.25, 0.3) is 0 Å². The molecule has 1 spiro atoms. The van der Waals surface area contributed by atoms with Gasteiger partial charge >= 0.3 is 0 Å². The number of nitrogens with one attached hydrogen (secondary N) is 1. The van der Waals surface area contributed by atoms with Crippen LogP contribution in [-0.2, 0) is 10.2 Å². The molecule has 0 radical (unpaired) electrons. The van der Waals surface area contributed by atoms with Crippen molar-refractivity contribution in [1.29, 1.82) is 5.26 Å². The van der Waals surface area contributed by atoms with Gasteiger partial charge in [-0.2, -0.15) is 5.26 Å². The Hall–Kier alpha value is -2.98. The molecule has 1 amide bonds. The standard InChI is InChI=1S/C17H10BrN3O3/c18-8-1-4-13-11(5-8)17(16(23)21-13)10-3-2-9(22)6-14(10)24-15(20)12(17)7-19/h1-6,22H,20H2,(H,21,23). The fourth-order valence-corrected chi connectivity index (χ4v) is 3.68. The molecule has 1 unspecified atom stereocenters. The third-order valence-electron chi connectivity index (χ3n) is 4.30. The first kappa shape index (κ1) is 14.6. The van der Waals surface area contributed by atoms with E-state index in [1.54, 1.807) is 24.3 Å². The highest BCUT2D eigenvalue weighted by Gasteiger charge is 2.56. The quantitative estimate of drug-likeness (QED) is 0.647. The number of phenols is 1. The van der Waals surface area contributed by atoms with Crippen LogP contribution in [0.1, 0.15) is 11.1 Å². The van der Waals surface area contributed by atoms with Crippen molar-refractivity contribution in [3.05, 3.63) is 63.5 Å². The number of ether oxygens (including phenoxy) is 1. The van der Waals surface area contributed by atoms with Gasteiger partial charge in [-0.25, -0.2) is 0 Å². The van der Waals surface area contributed by atoms with Gasteiger partial charge in [0.05, 0.1) is 0 Å². The van der Waals surface area contributed by atoms with Crippen molar-refractivity contribution >= 4 is 27.5 Å². The first-order valence-corrected chi connectivity index (χ1v) is 7.81. The van der Waals surface area contributed by atoms with Gasteiger partial charge in [0.2, 0.25) is 11.8 Å². The Balaban J connectivity index is 2.16. The molecule has 2 heterocycles. The van der Waals surface area contributed by atoms with Crippen LogP contribution in [0.5, 0.6) is 11.5 Å². The summed E-state index contributed by atoms with van der Waals surface area (Å²) in [5.74, 6) is -0.316. The fraction of sp³-hybridized carbons (Fsp3) is 0.0588. The largest absolute Gasteiger partial charge is 0.508 e. The molecule has 0 saturated heterocycles. The molecule has 2 aromatic carbocycles. The maximum atomic E-state index is 13.0. The molecule has 0 bridgehead atoms. The van der Waals surface area contributed by atoms with Crippen molar-refractivity contribution in [3.8, 4) is 17.6 Å². The SMILES string of the molecule is N#CC1=C(N)Oc2cc(O)ccc2C12C(=O)Nc1ccc(Br)cc12. The molecule has 2 aliphatic rings. The zero-order valence-electron chi connectivity index (χ0n) is 12.1. The summed E-state index contributed by atoms with van der Waals surface area (Å²) in [6.45, 7) is 0. The molecule has 2 aromatic rings. The van der Waals surface area contributed by atoms with Crippen molar-refractivity contribution in [2.75, 3.05) is 5.32 Å². The molecule has 2 aliphatic heterocycles. The smallest absolute Gasteiger partial charge is 0.245 e. The number of hydrogen-bond acceptors (Lipinski definition) is 5. The summed E-state index contributed by atoms with van der Waals surface area (Å²) in [5, 5.41) is 22.2. The number of anilines is 1. The summed E-state index contributed by atoms with van der Waals surface area (Å²) >= 11 is 3.40. The summed E-state index contributed by atoms with van der Waals surface area (Å²) in [6, 6.07) is 11.8. The third-order valence-corrected chi connectivity index (χ3v) is 4.79. The number of carbonyl (C=O) groups is 1. The van der Waals surface area contributed by atoms with E-state index in [-0.39, 0.29) is 28.9 Å². The van der Waals surface area contributed by atoms with Gasteiger partial charge in [-0.05, 0) is 30.3 Å². The van der Waals surface area contributed by atoms with Crippen LogP contribution in [0.3, 0.4) is 0 Å². The first-order chi connectivity index (χ1) is 11.5. The molecule has 4 rings (SSSR count). The molecule has 24 heavy (non-hydrogen) atoms. The van der Waals surface area contributed by atoms with Crippen LogP contribution in [0.15, 0.2) is 52.3 Å². The van der Waals surface area contributed by atoms with E-state index in [4.69, 9.17) is 10.5 Å². The Morgan fingerprint density at radius 3 is 2.79 bits per heavy atom. The Bertz CT molecular complexity index is 993. The van der Waals surface area contributed by atoms with Crippen molar-refractivity contribution in [1.82, 2.24) is 0 Å². The van der Waals surface area contributed by atoms with Gasteiger partial charge < -0.3 is 20.9 Å². The van der Waals surface area contributed by atoms with Crippen LogP contribution in [0, 0.1) is 11.3 Å². The summed E-state index contributed by atoms with van der Waals surface area (Å²) in [5.41, 5.74) is 6.22. The molecule has 4 N–H and O–H groups in total. The van der Waals surface area contributed by atoms with E-state index in [0.717, 1.165) is 4.47 Å². The molecule has 1 atom stereocenters. The van der Waals surface area contributed by atoms with E-state index in [1.165, 1.54) is 12.1 Å². The van der Waals surface area contributed by atoms with Crippen LogP contribution >= 0.6 is 15.9 Å². The minimum Gasteiger partial charge on any atom is -0.508 e. The lowest BCUT2D eigenvalue weighted by molar-refractivity contribution is -0.118. The van der Waals surface area contributed by atoms with Gasteiger partial charge in [-0.1, -0.05) is 15.9 Å². The average molecular weight is 384 g/mol. The summed E-state index contributed by atoms with van der Waals surface area (Å²) in [7, 11) is 0. The number of halogens is 1. The zero-order chi connectivity index (χ0) is 17.1. The number of rotatable bonds is 0. The Morgan fingerprint density at radius 1 is 1.25 bits per heavy atom. The zero-order valence-corrected chi connectivity index (χ0v) is 13.7. The fourth-order valence-electron chi connectivity index (χ4n) is 3.32. The predicted molar refractivity (Wildman–Crippen MR) is 89.1 cm³/mol. The molecule has 0 saturated carbocycles. The number of fused-ring (bicyclic) bond motifs is 4. The van der Waals surface area contributed by atoms with Gasteiger partial charge in [0.1, 0.15) is 28.6 Å².